The molecule has 1 heterocycles. The number of rotatable bonds is 2. The fourth-order valence-corrected chi connectivity index (χ4v) is 1.47. The van der Waals surface area contributed by atoms with Crippen molar-refractivity contribution in [3.05, 3.63) is 11.8 Å². The van der Waals surface area contributed by atoms with Crippen molar-refractivity contribution in [2.75, 3.05) is 13.2 Å². The van der Waals surface area contributed by atoms with E-state index < -0.39 is 17.7 Å². The second kappa shape index (κ2) is 5.21. The van der Waals surface area contributed by atoms with Gasteiger partial charge in [0.25, 0.3) is 0 Å². The maximum absolute atomic E-state index is 11.8. The molecule has 5 heteroatoms. The van der Waals surface area contributed by atoms with Crippen LogP contribution >= 0.6 is 0 Å². The van der Waals surface area contributed by atoms with Gasteiger partial charge in [0.2, 0.25) is 0 Å². The lowest BCUT2D eigenvalue weighted by Crippen LogP contribution is -2.37. The minimum atomic E-state index is -0.570. The zero-order valence-corrected chi connectivity index (χ0v) is 10.8. The van der Waals surface area contributed by atoms with Gasteiger partial charge >= 0.3 is 12.1 Å². The molecule has 0 bridgehead atoms. The van der Waals surface area contributed by atoms with E-state index in [1.165, 1.54) is 4.90 Å². The minimum absolute atomic E-state index is 0.279. The van der Waals surface area contributed by atoms with Gasteiger partial charge in [-0.05, 0) is 34.1 Å². The number of carbonyl (C=O) groups is 2. The highest BCUT2D eigenvalue weighted by Gasteiger charge is 2.31. The van der Waals surface area contributed by atoms with Gasteiger partial charge in [0.15, 0.2) is 0 Å². The van der Waals surface area contributed by atoms with E-state index in [2.05, 4.69) is 0 Å². The lowest BCUT2D eigenvalue weighted by molar-refractivity contribution is -0.140. The third-order valence-electron chi connectivity index (χ3n) is 2.08. The molecule has 0 atom stereocenters. The summed E-state index contributed by atoms with van der Waals surface area (Å²) < 4.78 is 10.1. The maximum atomic E-state index is 11.8. The monoisotopic (exact) mass is 241 g/mol. The van der Waals surface area contributed by atoms with Gasteiger partial charge in [0, 0.05) is 6.54 Å². The number of esters is 1. The Bertz CT molecular complexity index is 341. The average Bonchev–Trinajstić information content (AvgIpc) is 2.63. The van der Waals surface area contributed by atoms with E-state index in [-0.39, 0.29) is 5.70 Å². The molecule has 0 aromatic carbocycles. The lowest BCUT2D eigenvalue weighted by Gasteiger charge is -2.25. The van der Waals surface area contributed by atoms with Crippen molar-refractivity contribution in [1.29, 1.82) is 0 Å². The van der Waals surface area contributed by atoms with Crippen molar-refractivity contribution < 1.29 is 19.1 Å². The third-order valence-corrected chi connectivity index (χ3v) is 2.08. The molecular formula is C12H19NO4. The van der Waals surface area contributed by atoms with E-state index in [0.717, 1.165) is 0 Å². The van der Waals surface area contributed by atoms with Gasteiger partial charge in [-0.1, -0.05) is 6.08 Å². The van der Waals surface area contributed by atoms with Crippen LogP contribution < -0.4 is 0 Å². The van der Waals surface area contributed by atoms with Gasteiger partial charge in [0.1, 0.15) is 11.3 Å². The zero-order chi connectivity index (χ0) is 13.1. The number of hydrogen-bond acceptors (Lipinski definition) is 4. The Morgan fingerprint density at radius 2 is 2.06 bits per heavy atom. The molecule has 1 aliphatic heterocycles. The molecule has 0 N–H and O–H groups in total. The molecule has 0 radical (unpaired) electrons. The summed E-state index contributed by atoms with van der Waals surface area (Å²) in [4.78, 5) is 24.7. The van der Waals surface area contributed by atoms with Gasteiger partial charge in [-0.2, -0.15) is 0 Å². The molecule has 5 nitrogen and oxygen atoms in total. The highest BCUT2D eigenvalue weighted by molar-refractivity contribution is 5.93. The molecule has 96 valence electrons. The van der Waals surface area contributed by atoms with E-state index in [9.17, 15) is 9.59 Å². The summed E-state index contributed by atoms with van der Waals surface area (Å²) in [7, 11) is 0. The van der Waals surface area contributed by atoms with Gasteiger partial charge in [-0.25, -0.2) is 9.59 Å². The van der Waals surface area contributed by atoms with Crippen molar-refractivity contribution in [2.24, 2.45) is 0 Å². The first-order chi connectivity index (χ1) is 7.85. The van der Waals surface area contributed by atoms with Crippen molar-refractivity contribution in [3.8, 4) is 0 Å². The number of ether oxygens (including phenoxy) is 2. The SMILES string of the molecule is CCOC(=O)C1=CCCN1C(=O)OC(C)(C)C. The minimum Gasteiger partial charge on any atom is -0.461 e. The standard InChI is InChI=1S/C12H19NO4/c1-5-16-10(14)9-7-6-8-13(9)11(15)17-12(2,3)4/h7H,5-6,8H2,1-4H3. The van der Waals surface area contributed by atoms with Crippen LogP contribution in [-0.4, -0.2) is 35.7 Å². The Labute approximate surface area is 101 Å². The van der Waals surface area contributed by atoms with Gasteiger partial charge in [-0.15, -0.1) is 0 Å². The van der Waals surface area contributed by atoms with Crippen LogP contribution in [0.25, 0.3) is 0 Å². The predicted molar refractivity (Wildman–Crippen MR) is 62.3 cm³/mol. The molecular weight excluding hydrogens is 222 g/mol. The second-order valence-electron chi connectivity index (χ2n) is 4.73. The summed E-state index contributed by atoms with van der Waals surface area (Å²) in [6, 6.07) is 0. The largest absolute Gasteiger partial charge is 0.461 e. The molecule has 0 aromatic heterocycles. The highest BCUT2D eigenvalue weighted by Crippen LogP contribution is 2.20. The first kappa shape index (κ1) is 13.5. The van der Waals surface area contributed by atoms with Gasteiger partial charge in [-0.3, -0.25) is 4.90 Å². The molecule has 0 spiro atoms. The fourth-order valence-electron chi connectivity index (χ4n) is 1.47. The van der Waals surface area contributed by atoms with E-state index in [4.69, 9.17) is 9.47 Å². The van der Waals surface area contributed by atoms with Crippen LogP contribution in [0.2, 0.25) is 0 Å². The summed E-state index contributed by atoms with van der Waals surface area (Å²) in [5.74, 6) is -0.476. The van der Waals surface area contributed by atoms with E-state index in [1.54, 1.807) is 33.8 Å². The lowest BCUT2D eigenvalue weighted by atomic mass is 10.2. The van der Waals surface area contributed by atoms with Crippen LogP contribution in [0.3, 0.4) is 0 Å². The molecule has 0 saturated heterocycles. The Balaban J connectivity index is 2.69. The average molecular weight is 241 g/mol. The molecule has 0 unspecified atom stereocenters. The maximum Gasteiger partial charge on any atom is 0.415 e. The van der Waals surface area contributed by atoms with Gasteiger partial charge in [0.05, 0.1) is 6.61 Å². The van der Waals surface area contributed by atoms with Crippen molar-refractivity contribution >= 4 is 12.1 Å². The number of nitrogens with zero attached hydrogens (tertiary/aromatic N) is 1. The summed E-state index contributed by atoms with van der Waals surface area (Å²) in [6.07, 6.45) is 1.84. The van der Waals surface area contributed by atoms with E-state index in [0.29, 0.717) is 19.6 Å². The van der Waals surface area contributed by atoms with Crippen LogP contribution in [0, 0.1) is 0 Å². The number of amides is 1. The molecule has 0 aromatic rings. The third kappa shape index (κ3) is 3.76. The predicted octanol–water partition coefficient (Wildman–Crippen LogP) is 2.07. The van der Waals surface area contributed by atoms with Crippen LogP contribution in [0.5, 0.6) is 0 Å². The first-order valence-corrected chi connectivity index (χ1v) is 5.73. The Morgan fingerprint density at radius 1 is 1.41 bits per heavy atom. The molecule has 1 amide bonds. The number of hydrogen-bond donors (Lipinski definition) is 0. The molecule has 0 saturated carbocycles. The summed E-state index contributed by atoms with van der Waals surface area (Å²) >= 11 is 0. The molecule has 1 aliphatic rings. The van der Waals surface area contributed by atoms with Crippen molar-refractivity contribution in [1.82, 2.24) is 4.90 Å². The zero-order valence-electron chi connectivity index (χ0n) is 10.8. The highest BCUT2D eigenvalue weighted by atomic mass is 16.6. The Morgan fingerprint density at radius 3 is 2.59 bits per heavy atom. The fraction of sp³-hybridized carbons (Fsp3) is 0.667. The van der Waals surface area contributed by atoms with Crippen molar-refractivity contribution in [2.45, 2.75) is 39.7 Å². The topological polar surface area (TPSA) is 55.8 Å². The smallest absolute Gasteiger partial charge is 0.415 e. The van der Waals surface area contributed by atoms with Crippen LogP contribution in [0.4, 0.5) is 4.79 Å². The van der Waals surface area contributed by atoms with Crippen LogP contribution in [0.15, 0.2) is 11.8 Å². The second-order valence-corrected chi connectivity index (χ2v) is 4.73. The van der Waals surface area contributed by atoms with Crippen LogP contribution in [0.1, 0.15) is 34.1 Å². The molecule has 1 rings (SSSR count). The molecule has 0 fully saturated rings. The Hall–Kier alpha value is -1.52. The van der Waals surface area contributed by atoms with Gasteiger partial charge < -0.3 is 9.47 Å². The quantitative estimate of drug-likeness (QED) is 0.694. The van der Waals surface area contributed by atoms with Crippen molar-refractivity contribution in [3.63, 3.8) is 0 Å². The summed E-state index contributed by atoms with van der Waals surface area (Å²) in [5, 5.41) is 0. The summed E-state index contributed by atoms with van der Waals surface area (Å²) in [6.45, 7) is 7.84. The normalized spacial score (nSPS) is 15.5. The molecule has 17 heavy (non-hydrogen) atoms. The van der Waals surface area contributed by atoms with E-state index in [1.807, 2.05) is 0 Å². The molecule has 0 aliphatic carbocycles. The summed E-state index contributed by atoms with van der Waals surface area (Å²) in [5.41, 5.74) is -0.291. The van der Waals surface area contributed by atoms with E-state index >= 15 is 0 Å². The number of carbonyl (C=O) groups excluding carboxylic acids is 2. The Kier molecular flexibility index (Phi) is 4.15. The first-order valence-electron chi connectivity index (χ1n) is 5.73. The van der Waals surface area contributed by atoms with Crippen LogP contribution in [-0.2, 0) is 14.3 Å².